The topological polar surface area (TPSA) is 40.5 Å². The standard InChI is InChI=1S/C6H6O2.K.H/c7-5-1-2-6(8)4-3-5;;/h1-4,7-8H;;. The van der Waals surface area contributed by atoms with E-state index in [0.717, 1.165) is 0 Å². The van der Waals surface area contributed by atoms with Gasteiger partial charge < -0.3 is 10.2 Å². The molecule has 0 spiro atoms. The van der Waals surface area contributed by atoms with Crippen molar-refractivity contribution in [2.45, 2.75) is 0 Å². The van der Waals surface area contributed by atoms with Gasteiger partial charge in [-0.25, -0.2) is 0 Å². The van der Waals surface area contributed by atoms with Gasteiger partial charge in [-0.2, -0.15) is 0 Å². The van der Waals surface area contributed by atoms with Crippen LogP contribution in [-0.2, 0) is 0 Å². The maximum atomic E-state index is 8.65. The molecule has 0 bridgehead atoms. The van der Waals surface area contributed by atoms with E-state index in [1.807, 2.05) is 0 Å². The Morgan fingerprint density at radius 1 is 0.778 bits per heavy atom. The summed E-state index contributed by atoms with van der Waals surface area (Å²) in [4.78, 5) is 0. The molecule has 3 heteroatoms. The van der Waals surface area contributed by atoms with Crippen LogP contribution in [0.4, 0.5) is 0 Å². The molecule has 44 valence electrons. The average molecular weight is 150 g/mol. The molecule has 1 aromatic carbocycles. The summed E-state index contributed by atoms with van der Waals surface area (Å²) in [5.74, 6) is 0.339. The first kappa shape index (κ1) is 9.46. The zero-order chi connectivity index (χ0) is 5.98. The van der Waals surface area contributed by atoms with Gasteiger partial charge in [0.2, 0.25) is 0 Å². The number of phenolic OH excluding ortho intramolecular Hbond substituents is 2. The summed E-state index contributed by atoms with van der Waals surface area (Å²) in [5.41, 5.74) is 0. The summed E-state index contributed by atoms with van der Waals surface area (Å²) in [7, 11) is 0. The average Bonchev–Trinajstić information content (AvgIpc) is 1.77. The van der Waals surface area contributed by atoms with Crippen molar-refractivity contribution in [2.75, 3.05) is 0 Å². The molecule has 0 unspecified atom stereocenters. The quantitative estimate of drug-likeness (QED) is 0.416. The Hall–Kier alpha value is 0.456. The van der Waals surface area contributed by atoms with Gasteiger partial charge >= 0.3 is 51.4 Å². The van der Waals surface area contributed by atoms with E-state index in [1.165, 1.54) is 24.3 Å². The number of aromatic hydroxyl groups is 2. The van der Waals surface area contributed by atoms with E-state index in [1.54, 1.807) is 0 Å². The fourth-order valence-corrected chi connectivity index (χ4v) is 0.453. The van der Waals surface area contributed by atoms with E-state index in [4.69, 9.17) is 10.2 Å². The van der Waals surface area contributed by atoms with Gasteiger partial charge in [0.05, 0.1) is 0 Å². The van der Waals surface area contributed by atoms with Crippen molar-refractivity contribution in [3.8, 4) is 11.5 Å². The zero-order valence-corrected chi connectivity index (χ0v) is 4.20. The normalized spacial score (nSPS) is 8.00. The molecule has 9 heavy (non-hydrogen) atoms. The summed E-state index contributed by atoms with van der Waals surface area (Å²) in [6, 6.07) is 5.70. The summed E-state index contributed by atoms with van der Waals surface area (Å²) < 4.78 is 0. The monoisotopic (exact) mass is 150 g/mol. The second-order valence-corrected chi connectivity index (χ2v) is 1.52. The van der Waals surface area contributed by atoms with Crippen molar-refractivity contribution in [3.05, 3.63) is 24.3 Å². The molecule has 2 nitrogen and oxygen atoms in total. The minimum atomic E-state index is 0. The summed E-state index contributed by atoms with van der Waals surface area (Å²) >= 11 is 0. The van der Waals surface area contributed by atoms with Crippen molar-refractivity contribution in [2.24, 2.45) is 0 Å². The fraction of sp³-hybridized carbons (Fsp3) is 0. The summed E-state index contributed by atoms with van der Waals surface area (Å²) in [6.07, 6.45) is 0. The third-order valence-electron chi connectivity index (χ3n) is 0.850. The molecule has 0 aliphatic rings. The van der Waals surface area contributed by atoms with Crippen LogP contribution in [0.15, 0.2) is 24.3 Å². The first-order valence-corrected chi connectivity index (χ1v) is 2.27. The van der Waals surface area contributed by atoms with Gasteiger partial charge in [-0.1, -0.05) is 0 Å². The van der Waals surface area contributed by atoms with Crippen molar-refractivity contribution in [1.29, 1.82) is 0 Å². The van der Waals surface area contributed by atoms with Crippen LogP contribution in [0.5, 0.6) is 11.5 Å². The molecule has 0 aliphatic heterocycles. The first-order valence-electron chi connectivity index (χ1n) is 2.27. The van der Waals surface area contributed by atoms with Crippen LogP contribution in [0.1, 0.15) is 0 Å². The Balaban J connectivity index is 0.000000640. The Kier molecular flexibility index (Phi) is 4.52. The van der Waals surface area contributed by atoms with Crippen LogP contribution < -0.4 is 0 Å². The third kappa shape index (κ3) is 3.22. The van der Waals surface area contributed by atoms with Crippen LogP contribution in [0.3, 0.4) is 0 Å². The Morgan fingerprint density at radius 3 is 1.22 bits per heavy atom. The number of phenols is 2. The van der Waals surface area contributed by atoms with Crippen LogP contribution in [-0.4, -0.2) is 61.6 Å². The molecule has 1 rings (SSSR count). The third-order valence-corrected chi connectivity index (χ3v) is 0.850. The molecule has 0 heterocycles. The number of benzene rings is 1. The van der Waals surface area contributed by atoms with Crippen molar-refractivity contribution in [1.82, 2.24) is 0 Å². The van der Waals surface area contributed by atoms with Gasteiger partial charge in [-0.3, -0.25) is 0 Å². The molecule has 0 saturated heterocycles. The zero-order valence-electron chi connectivity index (χ0n) is 4.20. The van der Waals surface area contributed by atoms with E-state index in [2.05, 4.69) is 0 Å². The number of hydrogen-bond donors (Lipinski definition) is 2. The van der Waals surface area contributed by atoms with Crippen LogP contribution in [0.2, 0.25) is 0 Å². The molecule has 0 aliphatic carbocycles. The summed E-state index contributed by atoms with van der Waals surface area (Å²) in [6.45, 7) is 0. The Morgan fingerprint density at radius 2 is 1.00 bits per heavy atom. The Labute approximate surface area is 95.9 Å². The molecule has 0 aromatic heterocycles. The SMILES string of the molecule is Oc1ccc(O)cc1.[KH]. The first-order chi connectivity index (χ1) is 3.79. The van der Waals surface area contributed by atoms with Crippen molar-refractivity contribution >= 4 is 51.4 Å². The van der Waals surface area contributed by atoms with Crippen LogP contribution in [0.25, 0.3) is 0 Å². The molecular formula is C6H7KO2. The molecule has 0 amide bonds. The molecule has 0 atom stereocenters. The predicted molar refractivity (Wildman–Crippen MR) is 36.9 cm³/mol. The van der Waals surface area contributed by atoms with E-state index < -0.39 is 0 Å². The molecule has 0 radical (unpaired) electrons. The molecular weight excluding hydrogens is 143 g/mol. The molecule has 0 fully saturated rings. The minimum absolute atomic E-state index is 0. The van der Waals surface area contributed by atoms with Gasteiger partial charge in [0.1, 0.15) is 11.5 Å². The van der Waals surface area contributed by atoms with Gasteiger partial charge in [0.15, 0.2) is 0 Å². The van der Waals surface area contributed by atoms with Gasteiger partial charge in [0, 0.05) is 0 Å². The van der Waals surface area contributed by atoms with E-state index in [-0.39, 0.29) is 62.9 Å². The van der Waals surface area contributed by atoms with Gasteiger partial charge in [-0.15, -0.1) is 0 Å². The van der Waals surface area contributed by atoms with Crippen molar-refractivity contribution in [3.63, 3.8) is 0 Å². The maximum absolute atomic E-state index is 8.65. The van der Waals surface area contributed by atoms with Crippen LogP contribution in [0, 0.1) is 0 Å². The second-order valence-electron chi connectivity index (χ2n) is 1.52. The number of rotatable bonds is 0. The molecule has 0 saturated carbocycles. The van der Waals surface area contributed by atoms with Crippen LogP contribution >= 0.6 is 0 Å². The molecule has 1 aromatic rings. The molecule has 2 N–H and O–H groups in total. The Bertz CT molecular complexity index is 150. The van der Waals surface area contributed by atoms with Crippen molar-refractivity contribution < 1.29 is 10.2 Å². The van der Waals surface area contributed by atoms with Gasteiger partial charge in [-0.05, 0) is 24.3 Å². The number of hydrogen-bond acceptors (Lipinski definition) is 2. The van der Waals surface area contributed by atoms with Gasteiger partial charge in [0.25, 0.3) is 0 Å². The second kappa shape index (κ2) is 4.30. The predicted octanol–water partition coefficient (Wildman–Crippen LogP) is 0.449. The van der Waals surface area contributed by atoms with E-state index in [9.17, 15) is 0 Å². The fourth-order valence-electron chi connectivity index (χ4n) is 0.453. The van der Waals surface area contributed by atoms with E-state index in [0.29, 0.717) is 0 Å². The van der Waals surface area contributed by atoms with E-state index >= 15 is 0 Å². The summed E-state index contributed by atoms with van der Waals surface area (Å²) in [5, 5.41) is 17.3.